The van der Waals surface area contributed by atoms with Crippen LogP contribution < -0.4 is 10.1 Å². The van der Waals surface area contributed by atoms with Gasteiger partial charge >= 0.3 is 6.01 Å². The number of amides is 1. The zero-order valence-corrected chi connectivity index (χ0v) is 9.59. The van der Waals surface area contributed by atoms with Gasteiger partial charge in [0.1, 0.15) is 0 Å². The molecule has 1 heterocycles. The van der Waals surface area contributed by atoms with Crippen molar-refractivity contribution in [1.82, 2.24) is 15.3 Å². The number of halogens is 2. The third-order valence-electron chi connectivity index (χ3n) is 1.39. The van der Waals surface area contributed by atoms with Crippen molar-refractivity contribution in [2.75, 3.05) is 7.11 Å². The number of nitrogens with one attached hydrogen (secondary N) is 1. The van der Waals surface area contributed by atoms with Crippen LogP contribution in [0, 0.1) is 0 Å². The van der Waals surface area contributed by atoms with E-state index in [1.165, 1.54) is 7.11 Å². The number of rotatable bonds is 4. The maximum atomic E-state index is 10.1. The lowest BCUT2D eigenvalue weighted by molar-refractivity contribution is -0.109. The largest absolute Gasteiger partial charge is 0.467 e. The SMILES string of the molecule is COc1nc(Cl)c(Br)c(CNC=O)n1. The average Bonchev–Trinajstić information content (AvgIpc) is 2.20. The molecule has 0 spiro atoms. The van der Waals surface area contributed by atoms with Crippen molar-refractivity contribution in [2.24, 2.45) is 0 Å². The fraction of sp³-hybridized carbons (Fsp3) is 0.286. The molecular formula is C7H7BrClN3O2. The van der Waals surface area contributed by atoms with Gasteiger partial charge in [-0.15, -0.1) is 0 Å². The molecule has 7 heteroatoms. The van der Waals surface area contributed by atoms with Crippen molar-refractivity contribution in [2.45, 2.75) is 6.54 Å². The molecule has 0 saturated carbocycles. The number of methoxy groups -OCH3 is 1. The number of nitrogens with zero attached hydrogens (tertiary/aromatic N) is 2. The summed E-state index contributed by atoms with van der Waals surface area (Å²) in [4.78, 5) is 17.9. The van der Waals surface area contributed by atoms with Crippen LogP contribution in [0.1, 0.15) is 5.69 Å². The third kappa shape index (κ3) is 2.55. The van der Waals surface area contributed by atoms with Crippen LogP contribution in [0.3, 0.4) is 0 Å². The minimum Gasteiger partial charge on any atom is -0.467 e. The lowest BCUT2D eigenvalue weighted by atomic mass is 10.4. The van der Waals surface area contributed by atoms with Gasteiger partial charge in [-0.25, -0.2) is 0 Å². The van der Waals surface area contributed by atoms with Crippen LogP contribution in [-0.4, -0.2) is 23.5 Å². The predicted molar refractivity (Wildman–Crippen MR) is 54.2 cm³/mol. The van der Waals surface area contributed by atoms with Crippen LogP contribution in [0.15, 0.2) is 4.47 Å². The molecule has 0 radical (unpaired) electrons. The zero-order valence-electron chi connectivity index (χ0n) is 7.25. The predicted octanol–water partition coefficient (Wildman–Crippen LogP) is 1.15. The highest BCUT2D eigenvalue weighted by Gasteiger charge is 2.10. The molecule has 1 aromatic rings. The van der Waals surface area contributed by atoms with Gasteiger partial charge in [-0.2, -0.15) is 9.97 Å². The number of carbonyl (C=O) groups excluding carboxylic acids is 1. The van der Waals surface area contributed by atoms with Gasteiger partial charge in [-0.1, -0.05) is 11.6 Å². The summed E-state index contributed by atoms with van der Waals surface area (Å²) in [5.41, 5.74) is 0.564. The number of hydrogen-bond donors (Lipinski definition) is 1. The fourth-order valence-electron chi connectivity index (χ4n) is 0.788. The van der Waals surface area contributed by atoms with Crippen molar-refractivity contribution in [3.05, 3.63) is 15.3 Å². The molecule has 76 valence electrons. The number of hydrogen-bond acceptors (Lipinski definition) is 4. The monoisotopic (exact) mass is 279 g/mol. The van der Waals surface area contributed by atoms with Gasteiger partial charge < -0.3 is 10.1 Å². The summed E-state index contributed by atoms with van der Waals surface area (Å²) < 4.78 is 5.38. The summed E-state index contributed by atoms with van der Waals surface area (Å²) in [6, 6.07) is 0.167. The van der Waals surface area contributed by atoms with E-state index in [0.29, 0.717) is 16.6 Å². The van der Waals surface area contributed by atoms with Gasteiger partial charge in [0.25, 0.3) is 0 Å². The van der Waals surface area contributed by atoms with Crippen molar-refractivity contribution in [1.29, 1.82) is 0 Å². The lowest BCUT2D eigenvalue weighted by Gasteiger charge is -2.05. The van der Waals surface area contributed by atoms with Crippen molar-refractivity contribution < 1.29 is 9.53 Å². The van der Waals surface area contributed by atoms with Gasteiger partial charge in [0, 0.05) is 0 Å². The number of ether oxygens (including phenoxy) is 1. The van der Waals surface area contributed by atoms with Gasteiger partial charge in [0.05, 0.1) is 23.8 Å². The molecule has 1 N–H and O–H groups in total. The van der Waals surface area contributed by atoms with Crippen molar-refractivity contribution >= 4 is 33.9 Å². The average molecular weight is 281 g/mol. The second-order valence-electron chi connectivity index (χ2n) is 2.26. The van der Waals surface area contributed by atoms with Gasteiger partial charge in [0.15, 0.2) is 5.15 Å². The first kappa shape index (κ1) is 11.2. The van der Waals surface area contributed by atoms with E-state index in [2.05, 4.69) is 31.2 Å². The van der Waals surface area contributed by atoms with Gasteiger partial charge in [-0.3, -0.25) is 4.79 Å². The van der Waals surface area contributed by atoms with Crippen LogP contribution in [0.25, 0.3) is 0 Å². The normalized spacial score (nSPS) is 9.64. The number of carbonyl (C=O) groups is 1. The Labute approximate surface area is 94.0 Å². The Morgan fingerprint density at radius 3 is 2.93 bits per heavy atom. The Hall–Kier alpha value is -0.880. The van der Waals surface area contributed by atoms with Crippen LogP contribution in [0.5, 0.6) is 6.01 Å². The van der Waals surface area contributed by atoms with E-state index in [1.807, 2.05) is 0 Å². The molecule has 0 unspecified atom stereocenters. The molecule has 1 rings (SSSR count). The standard InChI is InChI=1S/C7H7BrClN3O2/c1-14-7-11-4(2-10-3-13)5(8)6(9)12-7/h3H,2H2,1H3,(H,10,13). The Morgan fingerprint density at radius 1 is 1.64 bits per heavy atom. The first-order chi connectivity index (χ1) is 6.69. The highest BCUT2D eigenvalue weighted by Crippen LogP contribution is 2.25. The molecule has 0 atom stereocenters. The highest BCUT2D eigenvalue weighted by atomic mass is 79.9. The van der Waals surface area contributed by atoms with Crippen molar-refractivity contribution in [3.63, 3.8) is 0 Å². The van der Waals surface area contributed by atoms with E-state index in [0.717, 1.165) is 0 Å². The lowest BCUT2D eigenvalue weighted by Crippen LogP contribution is -2.12. The summed E-state index contributed by atoms with van der Waals surface area (Å²) in [6.07, 6.45) is 0.578. The van der Waals surface area contributed by atoms with Crippen molar-refractivity contribution in [3.8, 4) is 6.01 Å². The smallest absolute Gasteiger partial charge is 0.317 e. The van der Waals surface area contributed by atoms with Crippen LogP contribution in [0.2, 0.25) is 5.15 Å². The topological polar surface area (TPSA) is 64.1 Å². The summed E-state index contributed by atoms with van der Waals surface area (Å²) >= 11 is 8.99. The van der Waals surface area contributed by atoms with E-state index in [9.17, 15) is 4.79 Å². The Morgan fingerprint density at radius 2 is 2.36 bits per heavy atom. The molecule has 0 bridgehead atoms. The summed E-state index contributed by atoms with van der Waals surface area (Å²) in [6.45, 7) is 0.267. The maximum absolute atomic E-state index is 10.1. The highest BCUT2D eigenvalue weighted by molar-refractivity contribution is 9.10. The molecule has 0 fully saturated rings. The van der Waals surface area contributed by atoms with Crippen LogP contribution in [0.4, 0.5) is 0 Å². The second kappa shape index (κ2) is 5.11. The number of aromatic nitrogens is 2. The van der Waals surface area contributed by atoms with E-state index < -0.39 is 0 Å². The molecule has 1 aromatic heterocycles. The molecule has 1 amide bonds. The minimum atomic E-state index is 0.167. The Kier molecular flexibility index (Phi) is 4.09. The molecule has 0 aliphatic heterocycles. The molecule has 14 heavy (non-hydrogen) atoms. The molecule has 0 aliphatic carbocycles. The van der Waals surface area contributed by atoms with E-state index in [-0.39, 0.29) is 17.7 Å². The zero-order chi connectivity index (χ0) is 10.6. The molecular weight excluding hydrogens is 273 g/mol. The first-order valence-electron chi connectivity index (χ1n) is 3.62. The molecule has 0 aromatic carbocycles. The van der Waals surface area contributed by atoms with E-state index >= 15 is 0 Å². The Balaban J connectivity index is 3.00. The van der Waals surface area contributed by atoms with Crippen LogP contribution >= 0.6 is 27.5 Å². The second-order valence-corrected chi connectivity index (χ2v) is 3.41. The summed E-state index contributed by atoms with van der Waals surface area (Å²) in [7, 11) is 1.44. The van der Waals surface area contributed by atoms with Crippen LogP contribution in [-0.2, 0) is 11.3 Å². The third-order valence-corrected chi connectivity index (χ3v) is 2.73. The van der Waals surface area contributed by atoms with Gasteiger partial charge in [0.2, 0.25) is 6.41 Å². The summed E-state index contributed by atoms with van der Waals surface area (Å²) in [5, 5.41) is 2.72. The Bertz CT molecular complexity index is 348. The van der Waals surface area contributed by atoms with Gasteiger partial charge in [-0.05, 0) is 15.9 Å². The first-order valence-corrected chi connectivity index (χ1v) is 4.79. The fourth-order valence-corrected chi connectivity index (χ4v) is 1.29. The molecule has 0 aliphatic rings. The maximum Gasteiger partial charge on any atom is 0.317 e. The summed E-state index contributed by atoms with van der Waals surface area (Å²) in [5.74, 6) is 0. The van der Waals surface area contributed by atoms with E-state index in [1.54, 1.807) is 0 Å². The quantitative estimate of drug-likeness (QED) is 0.664. The van der Waals surface area contributed by atoms with E-state index in [4.69, 9.17) is 16.3 Å². The molecule has 5 nitrogen and oxygen atoms in total. The molecule has 0 saturated heterocycles. The minimum absolute atomic E-state index is 0.167.